The number of carboxylic acids is 1. The predicted octanol–water partition coefficient (Wildman–Crippen LogP) is 1.91. The molecule has 0 bridgehead atoms. The summed E-state index contributed by atoms with van der Waals surface area (Å²) in [5, 5.41) is 9.47. The molecular weight excluding hydrogens is 265 g/mol. The van der Waals surface area contributed by atoms with Gasteiger partial charge in [-0.25, -0.2) is 0 Å². The Bertz CT molecular complexity index is 425. The third kappa shape index (κ3) is 3.25. The molecule has 0 fully saturated rings. The molecule has 0 heterocycles. The number of hydrogen-bond donors (Lipinski definition) is 2. The van der Waals surface area contributed by atoms with E-state index in [1.54, 1.807) is 18.2 Å². The molecule has 4 nitrogen and oxygen atoms in total. The highest BCUT2D eigenvalue weighted by atomic mass is 35.5. The number of rotatable bonds is 5. The third-order valence-corrected chi connectivity index (χ3v) is 3.19. The summed E-state index contributed by atoms with van der Waals surface area (Å²) in [5.74, 6) is -0.833. The van der Waals surface area contributed by atoms with Crippen molar-refractivity contribution in [3.8, 4) is 5.75 Å². The van der Waals surface area contributed by atoms with Gasteiger partial charge in [0, 0.05) is 6.42 Å². The summed E-state index contributed by atoms with van der Waals surface area (Å²) in [6.45, 7) is 0. The Hall–Kier alpha value is -0.970. The number of alkyl halides is 1. The van der Waals surface area contributed by atoms with Gasteiger partial charge in [-0.2, -0.15) is 0 Å². The van der Waals surface area contributed by atoms with Gasteiger partial charge in [0.25, 0.3) is 0 Å². The maximum atomic E-state index is 11.0. The van der Waals surface area contributed by atoms with Gasteiger partial charge >= 0.3 is 5.97 Å². The number of methoxy groups -OCH3 is 1. The van der Waals surface area contributed by atoms with Crippen molar-refractivity contribution in [1.29, 1.82) is 0 Å². The molecule has 0 aliphatic heterocycles. The van der Waals surface area contributed by atoms with Crippen molar-refractivity contribution in [2.75, 3.05) is 13.0 Å². The zero-order chi connectivity index (χ0) is 13.1. The largest absolute Gasteiger partial charge is 0.495 e. The molecule has 94 valence electrons. The van der Waals surface area contributed by atoms with E-state index in [2.05, 4.69) is 0 Å². The number of nitrogens with two attached hydrogens (primary N) is 1. The molecule has 0 spiro atoms. The molecule has 1 aromatic carbocycles. The van der Waals surface area contributed by atoms with E-state index in [-0.39, 0.29) is 12.3 Å². The van der Waals surface area contributed by atoms with Crippen LogP contribution in [-0.4, -0.2) is 29.6 Å². The van der Waals surface area contributed by atoms with Gasteiger partial charge in [-0.3, -0.25) is 4.79 Å². The number of benzene rings is 1. The molecular formula is C11H13Cl2NO3. The van der Waals surface area contributed by atoms with Crippen LogP contribution in [0, 0.1) is 0 Å². The summed E-state index contributed by atoms with van der Waals surface area (Å²) in [6, 6.07) is 4.98. The van der Waals surface area contributed by atoms with Gasteiger partial charge in [-0.15, -0.1) is 11.6 Å². The molecule has 0 amide bonds. The second-order valence-electron chi connectivity index (χ2n) is 3.74. The fourth-order valence-corrected chi connectivity index (χ4v) is 1.76. The number of ether oxygens (including phenoxy) is 1. The number of hydrogen-bond acceptors (Lipinski definition) is 3. The van der Waals surface area contributed by atoms with Crippen molar-refractivity contribution >= 4 is 29.2 Å². The fraction of sp³-hybridized carbons (Fsp3) is 0.364. The van der Waals surface area contributed by atoms with Crippen molar-refractivity contribution in [3.63, 3.8) is 0 Å². The molecule has 1 atom stereocenters. The first kappa shape index (κ1) is 14.1. The normalized spacial score (nSPS) is 14.1. The first-order chi connectivity index (χ1) is 7.92. The van der Waals surface area contributed by atoms with E-state index in [0.29, 0.717) is 16.3 Å². The van der Waals surface area contributed by atoms with Crippen LogP contribution in [0.5, 0.6) is 5.75 Å². The van der Waals surface area contributed by atoms with Gasteiger partial charge in [-0.05, 0) is 17.7 Å². The minimum Gasteiger partial charge on any atom is -0.495 e. The van der Waals surface area contributed by atoms with E-state index < -0.39 is 11.5 Å². The molecule has 0 aliphatic rings. The zero-order valence-corrected chi connectivity index (χ0v) is 10.8. The van der Waals surface area contributed by atoms with Crippen molar-refractivity contribution in [2.45, 2.75) is 12.0 Å². The fourth-order valence-electron chi connectivity index (χ4n) is 1.36. The summed E-state index contributed by atoms with van der Waals surface area (Å²) in [4.78, 5) is 11.0. The minimum absolute atomic E-state index is 0.110. The average Bonchev–Trinajstić information content (AvgIpc) is 2.31. The van der Waals surface area contributed by atoms with Crippen LogP contribution in [0.4, 0.5) is 0 Å². The molecule has 0 radical (unpaired) electrons. The molecule has 3 N–H and O–H groups in total. The lowest BCUT2D eigenvalue weighted by Gasteiger charge is -2.22. The van der Waals surface area contributed by atoms with E-state index in [0.717, 1.165) is 0 Å². The summed E-state index contributed by atoms with van der Waals surface area (Å²) >= 11 is 11.5. The van der Waals surface area contributed by atoms with E-state index >= 15 is 0 Å². The van der Waals surface area contributed by atoms with Crippen molar-refractivity contribution < 1.29 is 14.6 Å². The van der Waals surface area contributed by atoms with E-state index in [9.17, 15) is 4.79 Å². The van der Waals surface area contributed by atoms with E-state index in [4.69, 9.17) is 38.8 Å². The van der Waals surface area contributed by atoms with Crippen molar-refractivity contribution in [3.05, 3.63) is 28.8 Å². The first-order valence-corrected chi connectivity index (χ1v) is 5.75. The molecule has 1 rings (SSSR count). The molecule has 1 aromatic rings. The number of aliphatic carboxylic acids is 1. The van der Waals surface area contributed by atoms with Crippen LogP contribution in [0.25, 0.3) is 0 Å². The van der Waals surface area contributed by atoms with Crippen molar-refractivity contribution in [1.82, 2.24) is 0 Å². The van der Waals surface area contributed by atoms with Gasteiger partial charge in [-0.1, -0.05) is 17.7 Å². The lowest BCUT2D eigenvalue weighted by molar-refractivity contribution is -0.142. The predicted molar refractivity (Wildman–Crippen MR) is 67.0 cm³/mol. The van der Waals surface area contributed by atoms with Crippen LogP contribution < -0.4 is 10.5 Å². The summed E-state index contributed by atoms with van der Waals surface area (Å²) in [7, 11) is 1.49. The zero-order valence-electron chi connectivity index (χ0n) is 9.24. The summed E-state index contributed by atoms with van der Waals surface area (Å²) in [6.07, 6.45) is 0.110. The topological polar surface area (TPSA) is 72.5 Å². The van der Waals surface area contributed by atoms with Crippen molar-refractivity contribution in [2.24, 2.45) is 5.73 Å². The van der Waals surface area contributed by atoms with E-state index in [1.807, 2.05) is 0 Å². The maximum absolute atomic E-state index is 11.0. The standard InChI is InChI=1S/C11H13Cl2NO3/c1-17-9-4-7(2-3-8(9)13)5-11(14,6-12)10(15)16/h2-4H,5-6,14H2,1H3,(H,15,16). The molecule has 6 heteroatoms. The SMILES string of the molecule is COc1cc(CC(N)(CCl)C(=O)O)ccc1Cl. The lowest BCUT2D eigenvalue weighted by atomic mass is 9.94. The molecule has 17 heavy (non-hydrogen) atoms. The molecule has 0 saturated heterocycles. The van der Waals surface area contributed by atoms with Gasteiger partial charge in [0.2, 0.25) is 0 Å². The molecule has 1 unspecified atom stereocenters. The first-order valence-electron chi connectivity index (χ1n) is 4.83. The van der Waals surface area contributed by atoms with Gasteiger partial charge in [0.05, 0.1) is 18.0 Å². The van der Waals surface area contributed by atoms with Crippen LogP contribution in [0.1, 0.15) is 5.56 Å². The molecule has 0 aliphatic carbocycles. The van der Waals surface area contributed by atoms with Crippen LogP contribution >= 0.6 is 23.2 Å². The number of halogens is 2. The smallest absolute Gasteiger partial charge is 0.325 e. The second kappa shape index (κ2) is 5.58. The second-order valence-corrected chi connectivity index (χ2v) is 4.42. The van der Waals surface area contributed by atoms with Crippen LogP contribution in [0.3, 0.4) is 0 Å². The van der Waals surface area contributed by atoms with Gasteiger partial charge < -0.3 is 15.6 Å². The summed E-state index contributed by atoms with van der Waals surface area (Å²) in [5.41, 5.74) is 4.92. The highest BCUT2D eigenvalue weighted by Crippen LogP contribution is 2.26. The maximum Gasteiger partial charge on any atom is 0.325 e. The third-order valence-electron chi connectivity index (χ3n) is 2.40. The lowest BCUT2D eigenvalue weighted by Crippen LogP contribution is -2.51. The Balaban J connectivity index is 2.98. The highest BCUT2D eigenvalue weighted by molar-refractivity contribution is 6.32. The Kier molecular flexibility index (Phi) is 4.62. The Morgan fingerprint density at radius 1 is 1.59 bits per heavy atom. The van der Waals surface area contributed by atoms with Gasteiger partial charge in [0.15, 0.2) is 0 Å². The molecule has 0 aromatic heterocycles. The Morgan fingerprint density at radius 3 is 2.71 bits per heavy atom. The Labute approximate surface area is 109 Å². The number of carboxylic acid groups (broad SMARTS) is 1. The van der Waals surface area contributed by atoms with Crippen LogP contribution in [0.15, 0.2) is 18.2 Å². The number of carbonyl (C=O) groups is 1. The Morgan fingerprint density at radius 2 is 2.24 bits per heavy atom. The highest BCUT2D eigenvalue weighted by Gasteiger charge is 2.33. The van der Waals surface area contributed by atoms with Gasteiger partial charge in [0.1, 0.15) is 11.3 Å². The minimum atomic E-state index is -1.49. The summed E-state index contributed by atoms with van der Waals surface area (Å²) < 4.78 is 5.04. The van der Waals surface area contributed by atoms with E-state index in [1.165, 1.54) is 7.11 Å². The monoisotopic (exact) mass is 277 g/mol. The van der Waals surface area contributed by atoms with Crippen LogP contribution in [-0.2, 0) is 11.2 Å². The van der Waals surface area contributed by atoms with Crippen LogP contribution in [0.2, 0.25) is 5.02 Å². The average molecular weight is 278 g/mol. The molecule has 0 saturated carbocycles. The quantitative estimate of drug-likeness (QED) is 0.807.